The number of fused-ring (bicyclic) bond motifs is 1. The average molecular weight is 274 g/mol. The highest BCUT2D eigenvalue weighted by Gasteiger charge is 2.51. The van der Waals surface area contributed by atoms with Crippen LogP contribution in [-0.2, 0) is 11.2 Å². The molecule has 3 rings (SSSR count). The molecule has 3 unspecified atom stereocenters. The molecule has 0 radical (unpaired) electrons. The van der Waals surface area contributed by atoms with Crippen LogP contribution in [0, 0.1) is 5.92 Å². The van der Waals surface area contributed by atoms with E-state index >= 15 is 0 Å². The second-order valence-electron chi connectivity index (χ2n) is 7.61. The number of benzene rings is 1. The third-order valence-electron chi connectivity index (χ3n) is 5.15. The van der Waals surface area contributed by atoms with Crippen molar-refractivity contribution < 1.29 is 9.84 Å². The van der Waals surface area contributed by atoms with Gasteiger partial charge in [0.2, 0.25) is 0 Å². The number of aliphatic hydroxyl groups is 1. The largest absolute Gasteiger partial charge is 0.392 e. The molecule has 110 valence electrons. The van der Waals surface area contributed by atoms with E-state index in [4.69, 9.17) is 4.74 Å². The molecule has 1 N–H and O–H groups in total. The van der Waals surface area contributed by atoms with Gasteiger partial charge in [-0.05, 0) is 58.1 Å². The number of ether oxygens (including phenoxy) is 1. The molecule has 1 aliphatic heterocycles. The van der Waals surface area contributed by atoms with Crippen LogP contribution in [0.4, 0.5) is 0 Å². The van der Waals surface area contributed by atoms with Gasteiger partial charge in [-0.25, -0.2) is 0 Å². The molecule has 1 aromatic carbocycles. The molecule has 3 atom stereocenters. The zero-order valence-corrected chi connectivity index (χ0v) is 13.0. The lowest BCUT2D eigenvalue weighted by Crippen LogP contribution is -2.38. The summed E-state index contributed by atoms with van der Waals surface area (Å²) in [6.07, 6.45) is 2.78. The summed E-state index contributed by atoms with van der Waals surface area (Å²) in [5.74, 6) is 0.474. The maximum Gasteiger partial charge on any atom is 0.0687 e. The van der Waals surface area contributed by atoms with Crippen molar-refractivity contribution in [3.05, 3.63) is 35.4 Å². The molecule has 2 nitrogen and oxygen atoms in total. The Bertz CT molecular complexity index is 504. The van der Waals surface area contributed by atoms with Gasteiger partial charge in [0.25, 0.3) is 0 Å². The van der Waals surface area contributed by atoms with Crippen LogP contribution in [-0.4, -0.2) is 22.4 Å². The Morgan fingerprint density at radius 3 is 2.55 bits per heavy atom. The quantitative estimate of drug-likeness (QED) is 0.891. The summed E-state index contributed by atoms with van der Waals surface area (Å²) in [5, 5.41) is 11.0. The average Bonchev–Trinajstić information content (AvgIpc) is 2.86. The Kier molecular flexibility index (Phi) is 3.22. The van der Waals surface area contributed by atoms with Gasteiger partial charge in [0.1, 0.15) is 0 Å². The fourth-order valence-electron chi connectivity index (χ4n) is 4.36. The van der Waals surface area contributed by atoms with E-state index in [1.807, 2.05) is 0 Å². The van der Waals surface area contributed by atoms with Gasteiger partial charge in [-0.3, -0.25) is 0 Å². The lowest BCUT2D eigenvalue weighted by atomic mass is 9.76. The SMILES string of the molecule is CC1(C)CC(C(O)C2CCc3ccccc32)C(C)(C)O1. The molecule has 2 aliphatic rings. The number of aryl methyl sites for hydroxylation is 1. The normalized spacial score (nSPS) is 32.0. The van der Waals surface area contributed by atoms with Crippen molar-refractivity contribution >= 4 is 0 Å². The van der Waals surface area contributed by atoms with Crippen molar-refractivity contribution in [3.63, 3.8) is 0 Å². The van der Waals surface area contributed by atoms with Gasteiger partial charge in [-0.15, -0.1) is 0 Å². The van der Waals surface area contributed by atoms with E-state index < -0.39 is 0 Å². The number of hydrogen-bond donors (Lipinski definition) is 1. The van der Waals surface area contributed by atoms with Crippen LogP contribution < -0.4 is 0 Å². The first-order valence-electron chi connectivity index (χ1n) is 7.76. The Labute approximate surface area is 122 Å². The summed E-state index contributed by atoms with van der Waals surface area (Å²) >= 11 is 0. The highest BCUT2D eigenvalue weighted by molar-refractivity contribution is 5.36. The lowest BCUT2D eigenvalue weighted by molar-refractivity contribution is -0.0899. The molecule has 1 heterocycles. The Hall–Kier alpha value is -0.860. The molecule has 1 aromatic rings. The molecule has 1 fully saturated rings. The van der Waals surface area contributed by atoms with Gasteiger partial charge in [0.05, 0.1) is 17.3 Å². The minimum atomic E-state index is -0.310. The summed E-state index contributed by atoms with van der Waals surface area (Å²) in [6.45, 7) is 8.50. The van der Waals surface area contributed by atoms with Crippen molar-refractivity contribution in [2.24, 2.45) is 5.92 Å². The molecular formula is C18H26O2. The van der Waals surface area contributed by atoms with Crippen LogP contribution in [0.3, 0.4) is 0 Å². The highest BCUT2D eigenvalue weighted by Crippen LogP contribution is 2.48. The summed E-state index contributed by atoms with van der Waals surface area (Å²) in [6, 6.07) is 8.57. The molecule has 0 spiro atoms. The Morgan fingerprint density at radius 1 is 1.20 bits per heavy atom. The fourth-order valence-corrected chi connectivity index (χ4v) is 4.36. The fraction of sp³-hybridized carbons (Fsp3) is 0.667. The number of aliphatic hydroxyl groups excluding tert-OH is 1. The maximum absolute atomic E-state index is 11.0. The molecule has 1 aliphatic carbocycles. The second-order valence-corrected chi connectivity index (χ2v) is 7.61. The first-order valence-corrected chi connectivity index (χ1v) is 7.76. The van der Waals surface area contributed by atoms with Gasteiger partial charge in [-0.2, -0.15) is 0 Å². The van der Waals surface area contributed by atoms with E-state index in [2.05, 4.69) is 52.0 Å². The molecule has 20 heavy (non-hydrogen) atoms. The first kappa shape index (κ1) is 14.1. The van der Waals surface area contributed by atoms with Crippen LogP contribution in [0.2, 0.25) is 0 Å². The van der Waals surface area contributed by atoms with E-state index in [9.17, 15) is 5.11 Å². The van der Waals surface area contributed by atoms with E-state index in [0.717, 1.165) is 19.3 Å². The predicted octanol–water partition coefficient (Wildman–Crippen LogP) is 3.67. The number of rotatable bonds is 2. The molecule has 0 bridgehead atoms. The summed E-state index contributed by atoms with van der Waals surface area (Å²) in [4.78, 5) is 0. The molecular weight excluding hydrogens is 248 g/mol. The zero-order chi connectivity index (χ0) is 14.5. The monoisotopic (exact) mass is 274 g/mol. The smallest absolute Gasteiger partial charge is 0.0687 e. The van der Waals surface area contributed by atoms with Crippen LogP contribution in [0.5, 0.6) is 0 Å². The van der Waals surface area contributed by atoms with Gasteiger partial charge >= 0.3 is 0 Å². The van der Waals surface area contributed by atoms with Crippen molar-refractivity contribution in [1.82, 2.24) is 0 Å². The standard InChI is InChI=1S/C18H26O2/c1-17(2)11-15(18(3,4)20-17)16(19)14-10-9-12-7-5-6-8-13(12)14/h5-8,14-16,19H,9-11H2,1-4H3. The molecule has 0 saturated carbocycles. The van der Waals surface area contributed by atoms with Crippen molar-refractivity contribution in [2.75, 3.05) is 0 Å². The molecule has 0 amide bonds. The van der Waals surface area contributed by atoms with Gasteiger partial charge in [-0.1, -0.05) is 24.3 Å². The molecule has 0 aromatic heterocycles. The minimum absolute atomic E-state index is 0.132. The van der Waals surface area contributed by atoms with Crippen LogP contribution in [0.25, 0.3) is 0 Å². The number of hydrogen-bond acceptors (Lipinski definition) is 2. The van der Waals surface area contributed by atoms with Gasteiger partial charge in [0, 0.05) is 11.8 Å². The van der Waals surface area contributed by atoms with Crippen molar-refractivity contribution in [2.45, 2.75) is 70.2 Å². The van der Waals surface area contributed by atoms with Crippen LogP contribution >= 0.6 is 0 Å². The third-order valence-corrected chi connectivity index (χ3v) is 5.15. The summed E-state index contributed by atoms with van der Waals surface area (Å²) in [7, 11) is 0. The van der Waals surface area contributed by atoms with Gasteiger partial charge < -0.3 is 9.84 Å². The Balaban J connectivity index is 1.86. The zero-order valence-electron chi connectivity index (χ0n) is 13.0. The minimum Gasteiger partial charge on any atom is -0.392 e. The van der Waals surface area contributed by atoms with Gasteiger partial charge in [0.15, 0.2) is 0 Å². The van der Waals surface area contributed by atoms with Crippen molar-refractivity contribution in [3.8, 4) is 0 Å². The first-order chi connectivity index (χ1) is 9.30. The Morgan fingerprint density at radius 2 is 1.90 bits per heavy atom. The van der Waals surface area contributed by atoms with Crippen molar-refractivity contribution in [1.29, 1.82) is 0 Å². The lowest BCUT2D eigenvalue weighted by Gasteiger charge is -2.33. The topological polar surface area (TPSA) is 29.5 Å². The van der Waals surface area contributed by atoms with E-state index in [-0.39, 0.29) is 29.1 Å². The highest BCUT2D eigenvalue weighted by atomic mass is 16.5. The summed E-state index contributed by atoms with van der Waals surface area (Å²) in [5.41, 5.74) is 2.38. The second kappa shape index (κ2) is 4.57. The molecule has 2 heteroatoms. The maximum atomic E-state index is 11.0. The van der Waals surface area contributed by atoms with Crippen LogP contribution in [0.15, 0.2) is 24.3 Å². The third kappa shape index (κ3) is 2.29. The molecule has 1 saturated heterocycles. The van der Waals surface area contributed by atoms with Crippen LogP contribution in [0.1, 0.15) is 57.6 Å². The predicted molar refractivity (Wildman–Crippen MR) is 80.9 cm³/mol. The van der Waals surface area contributed by atoms with E-state index in [1.54, 1.807) is 0 Å². The van der Waals surface area contributed by atoms with E-state index in [1.165, 1.54) is 11.1 Å². The van der Waals surface area contributed by atoms with E-state index in [0.29, 0.717) is 0 Å². The summed E-state index contributed by atoms with van der Waals surface area (Å²) < 4.78 is 6.16.